The van der Waals surface area contributed by atoms with Gasteiger partial charge in [-0.15, -0.1) is 0 Å². The number of carbonyl (C=O) groups excluding carboxylic acids is 2. The summed E-state index contributed by atoms with van der Waals surface area (Å²) in [4.78, 5) is 23.6. The minimum absolute atomic E-state index is 0.123. The van der Waals surface area contributed by atoms with Crippen molar-refractivity contribution in [3.63, 3.8) is 0 Å². The van der Waals surface area contributed by atoms with Crippen molar-refractivity contribution in [2.45, 2.75) is 91.6 Å². The largest absolute Gasteiger partial charge is 0.463 e. The van der Waals surface area contributed by atoms with E-state index in [9.17, 15) is 9.59 Å². The fourth-order valence-electron chi connectivity index (χ4n) is 8.23. The molecular formula is C23H36O3. The molecule has 0 radical (unpaired) electrons. The SMILES string of the molecule is CC(=O)O[C@@H]1CC[C@]2(C)[C@H](CC[C@H]3[C@H]2CC[C@]2(C)[C@@H]3CC[C@H]2C(C)=O)C1. The number of Topliss-reactive ketones (excluding diaryl/α,β-unsaturated/α-hetero) is 1. The highest BCUT2D eigenvalue weighted by Gasteiger charge is 2.60. The number of carbonyl (C=O) groups is 2. The third kappa shape index (κ3) is 2.67. The second kappa shape index (κ2) is 6.34. The minimum Gasteiger partial charge on any atom is -0.463 e. The third-order valence-corrected chi connectivity index (χ3v) is 9.44. The van der Waals surface area contributed by atoms with Gasteiger partial charge in [0.1, 0.15) is 11.9 Å². The van der Waals surface area contributed by atoms with Gasteiger partial charge in [0.2, 0.25) is 0 Å². The highest BCUT2D eigenvalue weighted by Crippen LogP contribution is 2.67. The Balaban J connectivity index is 1.54. The monoisotopic (exact) mass is 360 g/mol. The first-order valence-electron chi connectivity index (χ1n) is 10.9. The van der Waals surface area contributed by atoms with Gasteiger partial charge in [-0.3, -0.25) is 9.59 Å². The molecule has 0 bridgehead atoms. The predicted molar refractivity (Wildman–Crippen MR) is 101 cm³/mol. The molecule has 3 nitrogen and oxygen atoms in total. The van der Waals surface area contributed by atoms with E-state index < -0.39 is 0 Å². The van der Waals surface area contributed by atoms with Gasteiger partial charge >= 0.3 is 5.97 Å². The number of fused-ring (bicyclic) bond motifs is 5. The molecule has 0 heterocycles. The number of hydrogen-bond acceptors (Lipinski definition) is 3. The van der Waals surface area contributed by atoms with E-state index in [2.05, 4.69) is 13.8 Å². The van der Waals surface area contributed by atoms with Crippen LogP contribution in [0.2, 0.25) is 0 Å². The first-order valence-corrected chi connectivity index (χ1v) is 10.9. The fourth-order valence-corrected chi connectivity index (χ4v) is 8.23. The highest BCUT2D eigenvalue weighted by molar-refractivity contribution is 5.79. The van der Waals surface area contributed by atoms with Crippen LogP contribution in [0.25, 0.3) is 0 Å². The molecule has 146 valence electrons. The normalized spacial score (nSPS) is 50.3. The summed E-state index contributed by atoms with van der Waals surface area (Å²) in [5.41, 5.74) is 0.667. The van der Waals surface area contributed by atoms with Crippen LogP contribution in [0.3, 0.4) is 0 Å². The molecule has 0 amide bonds. The molecule has 0 N–H and O–H groups in total. The van der Waals surface area contributed by atoms with E-state index in [1.807, 2.05) is 6.92 Å². The van der Waals surface area contributed by atoms with Gasteiger partial charge in [-0.05, 0) is 99.2 Å². The minimum atomic E-state index is -0.123. The predicted octanol–water partition coefficient (Wildman–Crippen LogP) is 5.17. The summed E-state index contributed by atoms with van der Waals surface area (Å²) in [6.45, 7) is 8.33. The van der Waals surface area contributed by atoms with E-state index >= 15 is 0 Å². The lowest BCUT2D eigenvalue weighted by atomic mass is 9.44. The summed E-state index contributed by atoms with van der Waals surface area (Å²) >= 11 is 0. The molecular weight excluding hydrogens is 324 g/mol. The summed E-state index contributed by atoms with van der Waals surface area (Å²) in [6, 6.07) is 0. The zero-order chi connectivity index (χ0) is 18.7. The maximum Gasteiger partial charge on any atom is 0.302 e. The lowest BCUT2D eigenvalue weighted by Gasteiger charge is -2.61. The Labute approximate surface area is 158 Å². The summed E-state index contributed by atoms with van der Waals surface area (Å²) in [6.07, 6.45) is 11.0. The molecule has 4 saturated carbocycles. The molecule has 0 aromatic rings. The second-order valence-electron chi connectivity index (χ2n) is 10.4. The van der Waals surface area contributed by atoms with Crippen molar-refractivity contribution < 1.29 is 14.3 Å². The topological polar surface area (TPSA) is 43.4 Å². The Kier molecular flexibility index (Phi) is 4.51. The van der Waals surface area contributed by atoms with Crippen molar-refractivity contribution in [2.75, 3.05) is 0 Å². The van der Waals surface area contributed by atoms with Crippen LogP contribution >= 0.6 is 0 Å². The van der Waals surface area contributed by atoms with Crippen LogP contribution in [0.5, 0.6) is 0 Å². The fraction of sp³-hybridized carbons (Fsp3) is 0.913. The van der Waals surface area contributed by atoms with Crippen molar-refractivity contribution in [1.82, 2.24) is 0 Å². The van der Waals surface area contributed by atoms with Gasteiger partial charge in [0.05, 0.1) is 0 Å². The number of ketones is 1. The molecule has 4 aliphatic rings. The van der Waals surface area contributed by atoms with E-state index in [1.165, 1.54) is 45.4 Å². The Morgan fingerprint density at radius 2 is 1.54 bits per heavy atom. The number of esters is 1. The lowest BCUT2D eigenvalue weighted by molar-refractivity contribution is -0.161. The molecule has 0 aliphatic heterocycles. The van der Waals surface area contributed by atoms with Crippen molar-refractivity contribution >= 4 is 11.8 Å². The molecule has 0 aromatic heterocycles. The van der Waals surface area contributed by atoms with Gasteiger partial charge in [0.15, 0.2) is 0 Å². The van der Waals surface area contributed by atoms with Gasteiger partial charge in [-0.25, -0.2) is 0 Å². The molecule has 4 fully saturated rings. The summed E-state index contributed by atoms with van der Waals surface area (Å²) in [5.74, 6) is 3.68. The zero-order valence-corrected chi connectivity index (χ0v) is 17.1. The van der Waals surface area contributed by atoms with Crippen molar-refractivity contribution in [2.24, 2.45) is 40.4 Å². The molecule has 26 heavy (non-hydrogen) atoms. The van der Waals surface area contributed by atoms with Crippen molar-refractivity contribution in [3.8, 4) is 0 Å². The Hall–Kier alpha value is -0.860. The van der Waals surface area contributed by atoms with Crippen LogP contribution in [0, 0.1) is 40.4 Å². The van der Waals surface area contributed by atoms with Gasteiger partial charge in [-0.1, -0.05) is 13.8 Å². The molecule has 0 saturated heterocycles. The number of ether oxygens (including phenoxy) is 1. The van der Waals surface area contributed by atoms with Gasteiger partial charge < -0.3 is 4.74 Å². The molecule has 8 atom stereocenters. The van der Waals surface area contributed by atoms with Crippen LogP contribution in [0.15, 0.2) is 0 Å². The van der Waals surface area contributed by atoms with Crippen LogP contribution in [0.4, 0.5) is 0 Å². The van der Waals surface area contributed by atoms with Crippen LogP contribution < -0.4 is 0 Å². The van der Waals surface area contributed by atoms with Crippen LogP contribution in [-0.4, -0.2) is 17.9 Å². The Morgan fingerprint density at radius 3 is 2.23 bits per heavy atom. The maximum atomic E-state index is 12.2. The molecule has 0 aromatic carbocycles. The smallest absolute Gasteiger partial charge is 0.302 e. The van der Waals surface area contributed by atoms with Gasteiger partial charge in [0.25, 0.3) is 0 Å². The standard InChI is InChI=1S/C23H36O3/c1-14(24)19-7-8-20-18-6-5-16-13-17(26-15(2)25)9-11-22(16,3)21(18)10-12-23(19,20)4/h16-21H,5-13H2,1-4H3/t16-,17-,18-,19+,20-,21-,22-,23+/m1/s1. The third-order valence-electron chi connectivity index (χ3n) is 9.44. The van der Waals surface area contributed by atoms with Crippen molar-refractivity contribution in [1.29, 1.82) is 0 Å². The summed E-state index contributed by atoms with van der Waals surface area (Å²) in [5, 5.41) is 0. The zero-order valence-electron chi connectivity index (χ0n) is 17.1. The first kappa shape index (κ1) is 18.5. The van der Waals surface area contributed by atoms with E-state index in [0.717, 1.165) is 37.0 Å². The van der Waals surface area contributed by atoms with Gasteiger partial charge in [0, 0.05) is 12.8 Å². The van der Waals surface area contributed by atoms with Crippen LogP contribution in [-0.2, 0) is 14.3 Å². The molecule has 4 rings (SSSR count). The van der Waals surface area contributed by atoms with E-state index in [1.54, 1.807) is 0 Å². The molecule has 0 spiro atoms. The average Bonchev–Trinajstić information content (AvgIpc) is 2.92. The maximum absolute atomic E-state index is 12.2. The lowest BCUT2D eigenvalue weighted by Crippen LogP contribution is -2.54. The average molecular weight is 361 g/mol. The van der Waals surface area contributed by atoms with E-state index in [0.29, 0.717) is 23.0 Å². The number of rotatable bonds is 2. The van der Waals surface area contributed by atoms with Crippen molar-refractivity contribution in [3.05, 3.63) is 0 Å². The second-order valence-corrected chi connectivity index (χ2v) is 10.4. The first-order chi connectivity index (χ1) is 12.3. The quantitative estimate of drug-likeness (QED) is 0.638. The Morgan fingerprint density at radius 1 is 0.846 bits per heavy atom. The number of hydrogen-bond donors (Lipinski definition) is 0. The van der Waals surface area contributed by atoms with Gasteiger partial charge in [-0.2, -0.15) is 0 Å². The molecule has 0 unspecified atom stereocenters. The molecule has 4 aliphatic carbocycles. The molecule has 3 heteroatoms. The summed E-state index contributed by atoms with van der Waals surface area (Å²) in [7, 11) is 0. The Bertz CT molecular complexity index is 598. The van der Waals surface area contributed by atoms with Crippen LogP contribution in [0.1, 0.15) is 85.5 Å². The van der Waals surface area contributed by atoms with E-state index in [4.69, 9.17) is 4.74 Å². The highest BCUT2D eigenvalue weighted by atomic mass is 16.5. The summed E-state index contributed by atoms with van der Waals surface area (Å²) < 4.78 is 5.57. The van der Waals surface area contributed by atoms with E-state index in [-0.39, 0.29) is 17.5 Å².